The first-order chi connectivity index (χ1) is 13.2. The maximum Gasteiger partial charge on any atom is 0.416 e. The lowest BCUT2D eigenvalue weighted by Gasteiger charge is -2.09. The van der Waals surface area contributed by atoms with Gasteiger partial charge in [-0.15, -0.1) is 0 Å². The van der Waals surface area contributed by atoms with Gasteiger partial charge in [0, 0.05) is 6.20 Å². The van der Waals surface area contributed by atoms with Crippen LogP contribution in [0.5, 0.6) is 5.75 Å². The fraction of sp³-hybridized carbons (Fsp3) is 0.167. The molecule has 0 saturated carbocycles. The van der Waals surface area contributed by atoms with Crippen molar-refractivity contribution in [2.45, 2.75) is 17.6 Å². The molecule has 0 radical (unpaired) electrons. The highest BCUT2D eigenvalue weighted by molar-refractivity contribution is 7.92. The maximum atomic E-state index is 12.8. The van der Waals surface area contributed by atoms with Gasteiger partial charge in [-0.3, -0.25) is 9.40 Å². The average molecular weight is 411 g/mol. The molecule has 1 N–H and O–H groups in total. The maximum absolute atomic E-state index is 12.8. The summed E-state index contributed by atoms with van der Waals surface area (Å²) in [5.74, 6) is 0.521. The third-order valence-electron chi connectivity index (χ3n) is 3.85. The molecule has 0 unspecified atom stereocenters. The molecule has 148 valence electrons. The smallest absolute Gasteiger partial charge is 0.416 e. The van der Waals surface area contributed by atoms with Crippen molar-refractivity contribution in [3.05, 3.63) is 72.1 Å². The van der Waals surface area contributed by atoms with Crippen LogP contribution in [0.1, 0.15) is 11.1 Å². The van der Waals surface area contributed by atoms with Crippen LogP contribution in [-0.4, -0.2) is 25.3 Å². The molecule has 3 rings (SSSR count). The number of nitrogens with one attached hydrogen (secondary N) is 1. The molecule has 1 heterocycles. The minimum absolute atomic E-state index is 0.0407. The molecule has 0 bridgehead atoms. The Morgan fingerprint density at radius 2 is 1.86 bits per heavy atom. The second-order valence-electron chi connectivity index (χ2n) is 5.91. The number of ether oxygens (including phenoxy) is 1. The van der Waals surface area contributed by atoms with Gasteiger partial charge in [0.05, 0.1) is 36.0 Å². The number of hydrogen-bond acceptors (Lipinski definition) is 4. The number of rotatable bonds is 6. The zero-order valence-corrected chi connectivity index (χ0v) is 15.5. The average Bonchev–Trinajstić information content (AvgIpc) is 3.07. The summed E-state index contributed by atoms with van der Waals surface area (Å²) < 4.78 is 71.9. The molecular formula is C18H16F3N3O3S. The number of benzene rings is 2. The number of anilines is 1. The van der Waals surface area contributed by atoms with E-state index in [9.17, 15) is 21.6 Å². The predicted molar refractivity (Wildman–Crippen MR) is 96.6 cm³/mol. The van der Waals surface area contributed by atoms with Gasteiger partial charge in [-0.25, -0.2) is 8.42 Å². The lowest BCUT2D eigenvalue weighted by molar-refractivity contribution is -0.137. The molecule has 10 heteroatoms. The fourth-order valence-electron chi connectivity index (χ4n) is 2.50. The molecule has 0 saturated heterocycles. The Hall–Kier alpha value is -3.01. The lowest BCUT2D eigenvalue weighted by Crippen LogP contribution is -2.12. The van der Waals surface area contributed by atoms with Crippen LogP contribution < -0.4 is 9.46 Å². The topological polar surface area (TPSA) is 73.2 Å². The molecule has 0 aliphatic carbocycles. The van der Waals surface area contributed by atoms with E-state index < -0.39 is 21.8 Å². The van der Waals surface area contributed by atoms with Crippen molar-refractivity contribution in [1.82, 2.24) is 9.78 Å². The summed E-state index contributed by atoms with van der Waals surface area (Å²) in [6, 6.07) is 10.7. The van der Waals surface area contributed by atoms with Crippen LogP contribution in [0, 0.1) is 0 Å². The van der Waals surface area contributed by atoms with Crippen molar-refractivity contribution in [3.8, 4) is 5.75 Å². The summed E-state index contributed by atoms with van der Waals surface area (Å²) in [5, 5.41) is 4.00. The summed E-state index contributed by atoms with van der Waals surface area (Å²) in [6.45, 7) is 0.0637. The first kappa shape index (κ1) is 19.7. The van der Waals surface area contributed by atoms with Gasteiger partial charge in [-0.2, -0.15) is 18.3 Å². The van der Waals surface area contributed by atoms with E-state index in [1.54, 1.807) is 0 Å². The molecule has 0 spiro atoms. The molecule has 6 nitrogen and oxygen atoms in total. The van der Waals surface area contributed by atoms with E-state index >= 15 is 0 Å². The van der Waals surface area contributed by atoms with Crippen LogP contribution in [0.25, 0.3) is 0 Å². The van der Waals surface area contributed by atoms with Crippen LogP contribution in [0.2, 0.25) is 0 Å². The summed E-state index contributed by atoms with van der Waals surface area (Å²) in [4.78, 5) is 0.0407. The van der Waals surface area contributed by atoms with E-state index in [2.05, 4.69) is 9.82 Å². The lowest BCUT2D eigenvalue weighted by atomic mass is 10.1. The summed E-state index contributed by atoms with van der Waals surface area (Å²) in [7, 11) is -2.36. The van der Waals surface area contributed by atoms with Crippen molar-refractivity contribution in [2.24, 2.45) is 0 Å². The van der Waals surface area contributed by atoms with Gasteiger partial charge in [-0.05, 0) is 42.0 Å². The number of sulfonamides is 1. The van der Waals surface area contributed by atoms with E-state index in [0.29, 0.717) is 11.3 Å². The second-order valence-corrected chi connectivity index (χ2v) is 7.59. The standard InChI is InChI=1S/C18H16F3N3O3S/c1-27-16-5-7-17(8-6-16)28(25,26)23-15-10-22-24(12-15)11-13-3-2-4-14(9-13)18(19,20)21/h2-10,12,23H,11H2,1H3. The molecule has 0 atom stereocenters. The zero-order valence-electron chi connectivity index (χ0n) is 14.6. The van der Waals surface area contributed by atoms with Crippen molar-refractivity contribution in [1.29, 1.82) is 0 Å². The minimum atomic E-state index is -4.43. The molecule has 1 aromatic heterocycles. The highest BCUT2D eigenvalue weighted by Crippen LogP contribution is 2.29. The molecule has 0 aliphatic heterocycles. The fourth-order valence-corrected chi connectivity index (χ4v) is 3.53. The van der Waals surface area contributed by atoms with Crippen LogP contribution >= 0.6 is 0 Å². The largest absolute Gasteiger partial charge is 0.497 e. The van der Waals surface area contributed by atoms with Gasteiger partial charge in [-0.1, -0.05) is 12.1 Å². The molecule has 0 fully saturated rings. The predicted octanol–water partition coefficient (Wildman–Crippen LogP) is 3.76. The molecular weight excluding hydrogens is 395 g/mol. The van der Waals surface area contributed by atoms with Crippen molar-refractivity contribution >= 4 is 15.7 Å². The van der Waals surface area contributed by atoms with Crippen LogP contribution in [0.4, 0.5) is 18.9 Å². The monoisotopic (exact) mass is 411 g/mol. The zero-order chi connectivity index (χ0) is 20.4. The minimum Gasteiger partial charge on any atom is -0.497 e. The van der Waals surface area contributed by atoms with E-state index in [0.717, 1.165) is 12.1 Å². The first-order valence-corrected chi connectivity index (χ1v) is 9.51. The summed E-state index contributed by atoms with van der Waals surface area (Å²) in [5.41, 5.74) is -0.164. The highest BCUT2D eigenvalue weighted by Gasteiger charge is 2.30. The van der Waals surface area contributed by atoms with Gasteiger partial charge < -0.3 is 4.74 Å². The number of aromatic nitrogens is 2. The SMILES string of the molecule is COc1ccc(S(=O)(=O)Nc2cnn(Cc3cccc(C(F)(F)F)c3)c2)cc1. The number of methoxy groups -OCH3 is 1. The van der Waals surface area contributed by atoms with Crippen LogP contribution in [-0.2, 0) is 22.7 Å². The number of nitrogens with zero attached hydrogens (tertiary/aromatic N) is 2. The van der Waals surface area contributed by atoms with Crippen LogP contribution in [0.3, 0.4) is 0 Å². The number of alkyl halides is 3. The van der Waals surface area contributed by atoms with Crippen LogP contribution in [0.15, 0.2) is 65.8 Å². The molecule has 2 aromatic carbocycles. The first-order valence-electron chi connectivity index (χ1n) is 8.03. The van der Waals surface area contributed by atoms with Gasteiger partial charge in [0.25, 0.3) is 10.0 Å². The summed E-state index contributed by atoms with van der Waals surface area (Å²) >= 11 is 0. The molecule has 0 aliphatic rings. The van der Waals surface area contributed by atoms with Crippen molar-refractivity contribution in [2.75, 3.05) is 11.8 Å². The van der Waals surface area contributed by atoms with Gasteiger partial charge in [0.1, 0.15) is 5.75 Å². The van der Waals surface area contributed by atoms with E-state index in [4.69, 9.17) is 4.74 Å². The molecule has 28 heavy (non-hydrogen) atoms. The van der Waals surface area contributed by atoms with E-state index in [1.165, 1.54) is 60.6 Å². The molecule has 0 amide bonds. The van der Waals surface area contributed by atoms with Gasteiger partial charge in [0.2, 0.25) is 0 Å². The Balaban J connectivity index is 1.73. The Bertz CT molecular complexity index is 1060. The van der Waals surface area contributed by atoms with Crippen molar-refractivity contribution in [3.63, 3.8) is 0 Å². The van der Waals surface area contributed by atoms with E-state index in [1.807, 2.05) is 0 Å². The Morgan fingerprint density at radius 3 is 2.50 bits per heavy atom. The van der Waals surface area contributed by atoms with Gasteiger partial charge >= 0.3 is 6.18 Å². The third-order valence-corrected chi connectivity index (χ3v) is 5.25. The number of hydrogen-bond donors (Lipinski definition) is 1. The Kier molecular flexibility index (Phi) is 5.32. The molecule has 3 aromatic rings. The summed E-state index contributed by atoms with van der Waals surface area (Å²) in [6.07, 6.45) is -1.74. The normalized spacial score (nSPS) is 12.0. The van der Waals surface area contributed by atoms with E-state index in [-0.39, 0.29) is 17.1 Å². The third kappa shape index (κ3) is 4.63. The number of halogens is 3. The quantitative estimate of drug-likeness (QED) is 0.670. The Morgan fingerprint density at radius 1 is 1.14 bits per heavy atom. The second kappa shape index (κ2) is 7.55. The Labute approximate surface area is 159 Å². The highest BCUT2D eigenvalue weighted by atomic mass is 32.2. The van der Waals surface area contributed by atoms with Crippen molar-refractivity contribution < 1.29 is 26.3 Å². The van der Waals surface area contributed by atoms with Gasteiger partial charge in [0.15, 0.2) is 0 Å².